The zero-order valence-electron chi connectivity index (χ0n) is 40.1. The van der Waals surface area contributed by atoms with E-state index in [0.29, 0.717) is 12.8 Å². The monoisotopic (exact) mass is 787 g/mol. The van der Waals surface area contributed by atoms with Crippen molar-refractivity contribution in [3.8, 4) is 33.6 Å². The minimum Gasteiger partial charge on any atom is -0.455 e. The first-order valence-electron chi connectivity index (χ1n) is 24.3. The Hall–Kier alpha value is -7.62. The van der Waals surface area contributed by atoms with Gasteiger partial charge in [0, 0.05) is 33.6 Å². The number of benzene rings is 7. The van der Waals surface area contributed by atoms with E-state index in [2.05, 4.69) is 126 Å². The maximum Gasteiger partial charge on any atom is 0.143 e. The third kappa shape index (κ3) is 5.96. The van der Waals surface area contributed by atoms with Crippen molar-refractivity contribution in [3.63, 3.8) is 0 Å². The second-order valence-corrected chi connectivity index (χ2v) is 15.7. The van der Waals surface area contributed by atoms with Gasteiger partial charge in [0.25, 0.3) is 0 Å². The lowest BCUT2D eigenvalue weighted by molar-refractivity contribution is 0.566. The highest BCUT2D eigenvalue weighted by atomic mass is 16.3. The van der Waals surface area contributed by atoms with Gasteiger partial charge < -0.3 is 4.42 Å². The third-order valence-corrected chi connectivity index (χ3v) is 12.3. The third-order valence-electron chi connectivity index (χ3n) is 12.3. The normalized spacial score (nSPS) is 15.7. The van der Waals surface area contributed by atoms with E-state index in [1.54, 1.807) is 0 Å². The smallest absolute Gasteiger partial charge is 0.143 e. The molecule has 0 saturated carbocycles. The van der Waals surface area contributed by atoms with E-state index >= 15 is 0 Å². The lowest BCUT2D eigenvalue weighted by Crippen LogP contribution is -2.33. The van der Waals surface area contributed by atoms with Gasteiger partial charge in [0.15, 0.2) is 0 Å². The van der Waals surface area contributed by atoms with Crippen LogP contribution in [0.2, 0.25) is 0 Å². The Bertz CT molecular complexity index is 3990. The van der Waals surface area contributed by atoms with Crippen LogP contribution in [0.15, 0.2) is 204 Å². The molecule has 0 fully saturated rings. The molecule has 2 aliphatic rings. The van der Waals surface area contributed by atoms with Gasteiger partial charge in [-0.1, -0.05) is 170 Å². The highest BCUT2D eigenvalue weighted by Gasteiger charge is 2.29. The van der Waals surface area contributed by atoms with E-state index in [0.717, 1.165) is 84.5 Å². The predicted octanol–water partition coefficient (Wildman–Crippen LogP) is 13.6. The van der Waals surface area contributed by atoms with Crippen molar-refractivity contribution in [2.24, 2.45) is 0 Å². The Morgan fingerprint density at radius 2 is 1.07 bits per heavy atom. The van der Waals surface area contributed by atoms with Crippen molar-refractivity contribution < 1.29 is 14.0 Å². The molecular weight excluding hydrogens is 741 g/mol. The number of allylic oxidation sites excluding steroid dienone is 4. The molecule has 7 aromatic carbocycles. The number of hydrogen-bond donors (Lipinski definition) is 0. The Morgan fingerprint density at radius 3 is 1.82 bits per heavy atom. The summed E-state index contributed by atoms with van der Waals surface area (Å²) in [5, 5.41) is 6.50. The summed E-state index contributed by atoms with van der Waals surface area (Å²) in [6.07, 6.45) is 6.70. The number of hydrogen-bond acceptors (Lipinski definition) is 3. The maximum atomic E-state index is 9.21. The van der Waals surface area contributed by atoms with Crippen LogP contribution in [0.25, 0.3) is 93.6 Å². The molecule has 288 valence electrons. The van der Waals surface area contributed by atoms with Crippen LogP contribution in [0.3, 0.4) is 0 Å². The summed E-state index contributed by atoms with van der Waals surface area (Å²) in [5.41, 5.74) is 10.00. The van der Waals surface area contributed by atoms with Gasteiger partial charge in [0.05, 0.1) is 26.3 Å². The largest absolute Gasteiger partial charge is 0.455 e. The first-order valence-corrected chi connectivity index (χ1v) is 20.8. The van der Waals surface area contributed by atoms with Crippen LogP contribution in [-0.2, 0) is 0 Å². The SMILES string of the molecule is [2H]c1nc2c(c([2H])c1[2H])c([2H])c([2H])c1c([2H])c([2H])c(C3=c4ccccc4=C(C4=CC=C(c5oc(-c6cc7ccccc7c7ccccc67)c(-c6ccccc6)c5-c5ccccc5)CC4)CC3)nc12. The quantitative estimate of drug-likeness (QED) is 0.158. The molecule has 0 amide bonds. The Labute approximate surface area is 363 Å². The van der Waals surface area contributed by atoms with E-state index in [1.165, 1.54) is 21.9 Å². The fourth-order valence-electron chi connectivity index (χ4n) is 9.49. The topological polar surface area (TPSA) is 38.9 Å². The van der Waals surface area contributed by atoms with Crippen LogP contribution >= 0.6 is 0 Å². The molecule has 0 N–H and O–H groups in total. The second kappa shape index (κ2) is 14.6. The number of pyridine rings is 2. The van der Waals surface area contributed by atoms with Crippen LogP contribution in [0.5, 0.6) is 0 Å². The molecule has 3 heterocycles. The van der Waals surface area contributed by atoms with E-state index in [-0.39, 0.29) is 57.7 Å². The molecule has 0 atom stereocenters. The Balaban J connectivity index is 1.05. The van der Waals surface area contributed by atoms with E-state index in [9.17, 15) is 1.37 Å². The standard InChI is InChI=1S/C58H40N2O/c1-3-14-38(15-4-1)53-54(39-16-5-2-6-17-39)58(51-36-43-18-7-8-20-44(43)46-21-10-12-24-49(46)51)61-57(53)42-29-25-37(26-30-42)45-32-33-50(48-23-11-9-22-47(45)48)52-34-31-41-28-27-40-19-13-35-59-55(40)56(41)60-52/h1-25,27-29,31,34-36H,26,30,32-33H2/i13D,19D,27D,28D,31D,34D,35D. The molecule has 0 bridgehead atoms. The molecule has 3 aromatic heterocycles. The zero-order valence-corrected chi connectivity index (χ0v) is 33.1. The van der Waals surface area contributed by atoms with Crippen LogP contribution in [0.1, 0.15) is 46.7 Å². The number of rotatable bonds is 6. The van der Waals surface area contributed by atoms with Crippen molar-refractivity contribution in [1.82, 2.24) is 9.97 Å². The van der Waals surface area contributed by atoms with Gasteiger partial charge >= 0.3 is 0 Å². The van der Waals surface area contributed by atoms with Crippen LogP contribution < -0.4 is 10.4 Å². The van der Waals surface area contributed by atoms with Gasteiger partial charge in [-0.3, -0.25) is 4.98 Å². The van der Waals surface area contributed by atoms with Crippen LogP contribution in [0, 0.1) is 0 Å². The molecule has 12 rings (SSSR count). The summed E-state index contributed by atoms with van der Waals surface area (Å²) in [4.78, 5) is 9.18. The van der Waals surface area contributed by atoms with Crippen LogP contribution in [-0.4, -0.2) is 9.97 Å². The van der Waals surface area contributed by atoms with Crippen molar-refractivity contribution >= 4 is 60.1 Å². The van der Waals surface area contributed by atoms with Crippen LogP contribution in [0.4, 0.5) is 0 Å². The second-order valence-electron chi connectivity index (χ2n) is 15.7. The molecule has 0 saturated heterocycles. The molecule has 61 heavy (non-hydrogen) atoms. The minimum absolute atomic E-state index is 0.0206. The van der Waals surface area contributed by atoms with Gasteiger partial charge in [0.2, 0.25) is 0 Å². The molecule has 0 unspecified atom stereocenters. The summed E-state index contributed by atoms with van der Waals surface area (Å²) in [6.45, 7) is 0. The molecule has 3 heteroatoms. The van der Waals surface area contributed by atoms with Crippen molar-refractivity contribution in [2.75, 3.05) is 0 Å². The van der Waals surface area contributed by atoms with Crippen molar-refractivity contribution in [3.05, 3.63) is 222 Å². The molecule has 10 aromatic rings. The van der Waals surface area contributed by atoms with Gasteiger partial charge in [-0.05, 0) is 109 Å². The first kappa shape index (κ1) is 28.7. The van der Waals surface area contributed by atoms with Gasteiger partial charge in [-0.25, -0.2) is 4.98 Å². The summed E-state index contributed by atoms with van der Waals surface area (Å²) < 4.78 is 68.2. The summed E-state index contributed by atoms with van der Waals surface area (Å²) in [6, 6.07) is 46.6. The highest BCUT2D eigenvalue weighted by Crippen LogP contribution is 2.50. The molecule has 0 aliphatic heterocycles. The number of fused-ring (bicyclic) bond motifs is 7. The molecule has 2 aliphatic carbocycles. The van der Waals surface area contributed by atoms with E-state index < -0.39 is 12.2 Å². The van der Waals surface area contributed by atoms with Gasteiger partial charge in [-0.15, -0.1) is 0 Å². The molecule has 3 nitrogen and oxygen atoms in total. The van der Waals surface area contributed by atoms with E-state index in [1.807, 2.05) is 30.3 Å². The fourth-order valence-corrected chi connectivity index (χ4v) is 9.49. The molecular formula is C58H40N2O. The number of nitrogens with zero attached hydrogens (tertiary/aromatic N) is 2. The highest BCUT2D eigenvalue weighted by molar-refractivity contribution is 6.15. The summed E-state index contributed by atoms with van der Waals surface area (Å²) in [5.74, 6) is 1.68. The van der Waals surface area contributed by atoms with Gasteiger partial charge in [-0.2, -0.15) is 0 Å². The fraction of sp³-hybridized carbons (Fsp3) is 0.0690. The van der Waals surface area contributed by atoms with Crippen molar-refractivity contribution in [2.45, 2.75) is 25.7 Å². The maximum absolute atomic E-state index is 9.21. The average molecular weight is 788 g/mol. The lowest BCUT2D eigenvalue weighted by atomic mass is 9.83. The first-order chi connectivity index (χ1) is 33.2. The minimum atomic E-state index is -0.447. The molecule has 0 radical (unpaired) electrons. The lowest BCUT2D eigenvalue weighted by Gasteiger charge is -2.22. The molecule has 0 spiro atoms. The van der Waals surface area contributed by atoms with Gasteiger partial charge in [0.1, 0.15) is 11.5 Å². The number of furan rings is 1. The summed E-state index contributed by atoms with van der Waals surface area (Å²) >= 11 is 0. The number of aromatic nitrogens is 2. The zero-order chi connectivity index (χ0) is 46.4. The predicted molar refractivity (Wildman–Crippen MR) is 253 cm³/mol. The average Bonchev–Trinajstić information content (AvgIpc) is 3.78. The Morgan fingerprint density at radius 1 is 0.475 bits per heavy atom. The Kier molecular flexibility index (Phi) is 6.87. The van der Waals surface area contributed by atoms with Crippen molar-refractivity contribution in [1.29, 1.82) is 0 Å². The summed E-state index contributed by atoms with van der Waals surface area (Å²) in [7, 11) is 0. The van der Waals surface area contributed by atoms with E-state index in [4.69, 9.17) is 17.6 Å².